The lowest BCUT2D eigenvalue weighted by atomic mass is 10.1. The van der Waals surface area contributed by atoms with Crippen molar-refractivity contribution in [1.82, 2.24) is 10.0 Å². The summed E-state index contributed by atoms with van der Waals surface area (Å²) in [5, 5.41) is 4.45. The second-order valence-corrected chi connectivity index (χ2v) is 6.37. The molecule has 1 aromatic rings. The van der Waals surface area contributed by atoms with Crippen LogP contribution in [0.3, 0.4) is 0 Å². The highest BCUT2D eigenvalue weighted by atomic mass is 32.2. The van der Waals surface area contributed by atoms with Gasteiger partial charge in [-0.05, 0) is 31.0 Å². The maximum Gasteiger partial charge on any atom is 0.233 e. The molecule has 0 spiro atoms. The van der Waals surface area contributed by atoms with Gasteiger partial charge in [-0.25, -0.2) is 13.1 Å². The fourth-order valence-corrected chi connectivity index (χ4v) is 2.85. The van der Waals surface area contributed by atoms with Crippen LogP contribution in [0.25, 0.3) is 6.08 Å². The summed E-state index contributed by atoms with van der Waals surface area (Å²) < 4.78 is 26.2. The molecule has 0 atom stereocenters. The lowest BCUT2D eigenvalue weighted by Gasteiger charge is -2.13. The van der Waals surface area contributed by atoms with Gasteiger partial charge in [0.2, 0.25) is 10.0 Å². The van der Waals surface area contributed by atoms with E-state index in [1.54, 1.807) is 6.08 Å². The van der Waals surface area contributed by atoms with Gasteiger partial charge in [0.15, 0.2) is 0 Å². The molecule has 0 bridgehead atoms. The number of hydrogen-bond acceptors (Lipinski definition) is 3. The molecule has 0 radical (unpaired) electrons. The van der Waals surface area contributed by atoms with Crippen molar-refractivity contribution in [3.8, 4) is 0 Å². The van der Waals surface area contributed by atoms with Crippen molar-refractivity contribution in [2.24, 2.45) is 0 Å². The minimum atomic E-state index is -3.35. The number of sulfonamides is 1. The Bertz CT molecular complexity index is 577. The van der Waals surface area contributed by atoms with Gasteiger partial charge < -0.3 is 5.32 Å². The molecule has 1 aliphatic heterocycles. The Morgan fingerprint density at radius 3 is 2.75 bits per heavy atom. The summed E-state index contributed by atoms with van der Waals surface area (Å²) in [5.41, 5.74) is 2.19. The van der Waals surface area contributed by atoms with Gasteiger partial charge in [0.25, 0.3) is 0 Å². The van der Waals surface area contributed by atoms with Crippen LogP contribution in [0.5, 0.6) is 0 Å². The van der Waals surface area contributed by atoms with Gasteiger partial charge in [-0.2, -0.15) is 0 Å². The van der Waals surface area contributed by atoms with Gasteiger partial charge in [-0.15, -0.1) is 0 Å². The molecule has 20 heavy (non-hydrogen) atoms. The van der Waals surface area contributed by atoms with Crippen LogP contribution < -0.4 is 10.0 Å². The molecule has 2 N–H and O–H groups in total. The lowest BCUT2D eigenvalue weighted by molar-refractivity contribution is 0.589. The minimum Gasteiger partial charge on any atom is -0.313 e. The summed E-state index contributed by atoms with van der Waals surface area (Å²) in [6.07, 6.45) is 5.52. The fraction of sp³-hybridized carbons (Fsp3) is 0.333. The topological polar surface area (TPSA) is 58.2 Å². The van der Waals surface area contributed by atoms with Crippen molar-refractivity contribution in [2.75, 3.05) is 19.6 Å². The van der Waals surface area contributed by atoms with Gasteiger partial charge in [-0.3, -0.25) is 0 Å². The molecule has 0 aliphatic carbocycles. The second-order valence-electron chi connectivity index (χ2n) is 4.72. The third kappa shape index (κ3) is 5.28. The summed E-state index contributed by atoms with van der Waals surface area (Å²) in [6.45, 7) is 2.32. The normalized spacial score (nSPS) is 16.3. The first-order chi connectivity index (χ1) is 9.66. The first kappa shape index (κ1) is 15.0. The number of nitrogens with one attached hydrogen (secondary N) is 2. The highest BCUT2D eigenvalue weighted by Crippen LogP contribution is 2.08. The van der Waals surface area contributed by atoms with Gasteiger partial charge in [0, 0.05) is 18.5 Å². The summed E-state index contributed by atoms with van der Waals surface area (Å²) in [7, 11) is -3.35. The highest BCUT2D eigenvalue weighted by Gasteiger charge is 2.06. The average Bonchev–Trinajstić information content (AvgIpc) is 2.47. The number of hydrogen-bond donors (Lipinski definition) is 2. The van der Waals surface area contributed by atoms with Crippen LogP contribution in [-0.4, -0.2) is 28.1 Å². The third-order valence-electron chi connectivity index (χ3n) is 3.15. The second kappa shape index (κ2) is 7.38. The smallest absolute Gasteiger partial charge is 0.233 e. The van der Waals surface area contributed by atoms with Crippen LogP contribution in [0, 0.1) is 0 Å². The Hall–Kier alpha value is -1.43. The molecule has 0 unspecified atom stereocenters. The maximum absolute atomic E-state index is 11.8. The Kier molecular flexibility index (Phi) is 5.52. The van der Waals surface area contributed by atoms with Gasteiger partial charge in [0.1, 0.15) is 0 Å². The van der Waals surface area contributed by atoms with Gasteiger partial charge in [0.05, 0.1) is 0 Å². The Balaban J connectivity index is 1.82. The van der Waals surface area contributed by atoms with Crippen molar-refractivity contribution in [1.29, 1.82) is 0 Å². The number of rotatable bonds is 6. The zero-order valence-electron chi connectivity index (χ0n) is 11.4. The van der Waals surface area contributed by atoms with Crippen molar-refractivity contribution >= 4 is 16.1 Å². The quantitative estimate of drug-likeness (QED) is 0.787. The van der Waals surface area contributed by atoms with Gasteiger partial charge in [-0.1, -0.05) is 42.0 Å². The Morgan fingerprint density at radius 1 is 1.25 bits per heavy atom. The monoisotopic (exact) mass is 292 g/mol. The summed E-state index contributed by atoms with van der Waals surface area (Å²) in [5.74, 6) is 0. The molecule has 2 rings (SSSR count). The van der Waals surface area contributed by atoms with Crippen molar-refractivity contribution in [3.05, 3.63) is 53.0 Å². The fourth-order valence-electron chi connectivity index (χ4n) is 2.03. The molecule has 0 amide bonds. The summed E-state index contributed by atoms with van der Waals surface area (Å²) in [6, 6.07) is 9.39. The van der Waals surface area contributed by atoms with Crippen LogP contribution in [0.1, 0.15) is 18.4 Å². The average molecular weight is 292 g/mol. The Morgan fingerprint density at radius 2 is 2.05 bits per heavy atom. The summed E-state index contributed by atoms with van der Waals surface area (Å²) in [4.78, 5) is 0. The highest BCUT2D eigenvalue weighted by molar-refractivity contribution is 7.92. The predicted molar refractivity (Wildman–Crippen MR) is 82.6 cm³/mol. The molecule has 4 nitrogen and oxygen atoms in total. The van der Waals surface area contributed by atoms with E-state index < -0.39 is 10.0 Å². The van der Waals surface area contributed by atoms with Crippen LogP contribution >= 0.6 is 0 Å². The van der Waals surface area contributed by atoms with E-state index in [4.69, 9.17) is 0 Å². The SMILES string of the molecule is O=S(=O)(/C=C/c1ccccc1)NCCC1=CCNCC1. The molecular weight excluding hydrogens is 272 g/mol. The van der Waals surface area contributed by atoms with E-state index in [9.17, 15) is 8.42 Å². The molecule has 0 aromatic heterocycles. The van der Waals surface area contributed by atoms with Crippen molar-refractivity contribution < 1.29 is 8.42 Å². The molecule has 5 heteroatoms. The first-order valence-electron chi connectivity index (χ1n) is 6.77. The Labute approximate surface area is 120 Å². The molecule has 1 heterocycles. The minimum absolute atomic E-state index is 0.452. The molecule has 1 aliphatic rings. The third-order valence-corrected chi connectivity index (χ3v) is 4.25. The zero-order chi connectivity index (χ0) is 14.3. The zero-order valence-corrected chi connectivity index (χ0v) is 12.2. The molecule has 0 saturated heterocycles. The standard InChI is InChI=1S/C15H20N2O2S/c18-20(19,13-9-14-4-2-1-3-5-14)17-12-8-15-6-10-16-11-7-15/h1-6,9,13,16-17H,7-8,10-12H2/b13-9+. The number of benzene rings is 1. The van der Waals surface area contributed by atoms with Crippen molar-refractivity contribution in [3.63, 3.8) is 0 Å². The van der Waals surface area contributed by atoms with E-state index in [-0.39, 0.29) is 0 Å². The largest absolute Gasteiger partial charge is 0.313 e. The van der Waals surface area contributed by atoms with Crippen molar-refractivity contribution in [2.45, 2.75) is 12.8 Å². The summed E-state index contributed by atoms with van der Waals surface area (Å²) >= 11 is 0. The molecule has 108 valence electrons. The van der Waals surface area contributed by atoms with E-state index in [2.05, 4.69) is 16.1 Å². The van der Waals surface area contributed by atoms with E-state index in [0.29, 0.717) is 6.54 Å². The molecule has 0 saturated carbocycles. The molecule has 0 fully saturated rings. The van der Waals surface area contributed by atoms with E-state index >= 15 is 0 Å². The van der Waals surface area contributed by atoms with E-state index in [1.807, 2.05) is 30.3 Å². The van der Waals surface area contributed by atoms with E-state index in [0.717, 1.165) is 31.5 Å². The van der Waals surface area contributed by atoms with Crippen LogP contribution in [0.2, 0.25) is 0 Å². The van der Waals surface area contributed by atoms with Crippen LogP contribution in [0.4, 0.5) is 0 Å². The van der Waals surface area contributed by atoms with E-state index in [1.165, 1.54) is 11.0 Å². The first-order valence-corrected chi connectivity index (χ1v) is 8.32. The van der Waals surface area contributed by atoms with Crippen LogP contribution in [0.15, 0.2) is 47.4 Å². The maximum atomic E-state index is 11.8. The predicted octanol–water partition coefficient (Wildman–Crippen LogP) is 1.89. The molecular formula is C15H20N2O2S. The van der Waals surface area contributed by atoms with Crippen LogP contribution in [-0.2, 0) is 10.0 Å². The lowest BCUT2D eigenvalue weighted by Crippen LogP contribution is -2.25. The van der Waals surface area contributed by atoms with Gasteiger partial charge >= 0.3 is 0 Å². The molecule has 1 aromatic carbocycles.